The van der Waals surface area contributed by atoms with Crippen LogP contribution in [0.5, 0.6) is 0 Å². The minimum absolute atomic E-state index is 0.338. The number of nitrogens with zero attached hydrogens (tertiary/aromatic N) is 6. The Balaban J connectivity index is 1.31. The highest BCUT2D eigenvalue weighted by Crippen LogP contribution is 2.50. The van der Waals surface area contributed by atoms with Crippen molar-refractivity contribution in [3.8, 4) is 46.4 Å². The second-order valence-corrected chi connectivity index (χ2v) is 17.7. The topological polar surface area (TPSA) is 86.2 Å². The van der Waals surface area contributed by atoms with E-state index < -0.39 is 0 Å². The van der Waals surface area contributed by atoms with Crippen LogP contribution in [0.25, 0.3) is 126 Å². The molecule has 69 heavy (non-hydrogen) atoms. The Hall–Kier alpha value is -9.93. The van der Waals surface area contributed by atoms with Gasteiger partial charge in [0.2, 0.25) is 0 Å². The van der Waals surface area contributed by atoms with Gasteiger partial charge in [0.25, 0.3) is 0 Å². The summed E-state index contributed by atoms with van der Waals surface area (Å²) in [5.74, 6) is 0. The summed E-state index contributed by atoms with van der Waals surface area (Å²) < 4.78 is 6.82. The molecular weight excluding hydrogens is 841 g/mol. The largest absolute Gasteiger partial charge is 0.306 e. The first-order chi connectivity index (χ1) is 34.2. The fourth-order valence-electron chi connectivity index (χ4n) is 11.5. The highest BCUT2D eigenvalue weighted by atomic mass is 15.1. The lowest BCUT2D eigenvalue weighted by Gasteiger charge is -2.26. The van der Waals surface area contributed by atoms with Gasteiger partial charge in [0.05, 0.1) is 72.9 Å². The van der Waals surface area contributed by atoms with Crippen LogP contribution in [0.2, 0.25) is 0 Å². The monoisotopic (exact) mass is 874 g/mol. The van der Waals surface area contributed by atoms with Gasteiger partial charge in [-0.15, -0.1) is 0 Å². The van der Waals surface area contributed by atoms with Crippen molar-refractivity contribution in [3.63, 3.8) is 0 Å². The minimum atomic E-state index is 0.338. The molecule has 14 aromatic rings. The number of fused-ring (bicyclic) bond motifs is 15. The van der Waals surface area contributed by atoms with E-state index in [1.807, 2.05) is 36.4 Å². The van der Waals surface area contributed by atoms with Crippen LogP contribution < -0.4 is 0 Å². The molecule has 14 rings (SSSR count). The van der Waals surface area contributed by atoms with Crippen LogP contribution in [0.15, 0.2) is 206 Å². The maximum atomic E-state index is 12.1. The lowest BCUT2D eigenvalue weighted by molar-refractivity contribution is 1.04. The molecule has 6 nitrogen and oxygen atoms in total. The van der Waals surface area contributed by atoms with Gasteiger partial charge in [-0.2, -0.15) is 15.8 Å². The molecule has 0 saturated heterocycles. The third-order valence-corrected chi connectivity index (χ3v) is 14.3. The van der Waals surface area contributed by atoms with Crippen molar-refractivity contribution < 1.29 is 0 Å². The van der Waals surface area contributed by atoms with Gasteiger partial charge in [0, 0.05) is 37.9 Å². The van der Waals surface area contributed by atoms with Crippen molar-refractivity contribution in [1.29, 1.82) is 15.8 Å². The lowest BCUT2D eigenvalue weighted by Crippen LogP contribution is -2.15. The molecule has 0 aliphatic rings. The summed E-state index contributed by atoms with van der Waals surface area (Å²) in [7, 11) is 0. The standard InChI is InChI=1S/C63H34N6/c64-35-38-29-31-39(32-30-38)60-52(36-65)61(67-54-24-10-5-19-44(54)45-20-6-11-25-55(45)67)63(62(53(60)37-66)68-56-26-12-7-21-46(56)47-22-8-13-27-57(47)68)69-58-28-14-9-23-48(58)51-33-49-42-17-3-1-15-40(42)41-16-2-4-18-43(41)50(49)34-59(51)69/h1-34H. The maximum absolute atomic E-state index is 12.1. The molecule has 3 aromatic heterocycles. The van der Waals surface area contributed by atoms with Crippen LogP contribution in [0, 0.1) is 34.0 Å². The molecule has 0 N–H and O–H groups in total. The SMILES string of the molecule is N#Cc1ccc(-c2c(C#N)c(-n3c4ccccc4c4ccccc43)c(-n3c4ccccc4c4cc5c6ccccc6c6ccccc6c5cc43)c(-n3c4ccccc4c4ccccc43)c2C#N)cc1. The Bertz CT molecular complexity index is 4430. The van der Waals surface area contributed by atoms with Crippen molar-refractivity contribution in [2.75, 3.05) is 0 Å². The number of nitriles is 3. The first-order valence-corrected chi connectivity index (χ1v) is 23.0. The van der Waals surface area contributed by atoms with Crippen LogP contribution in [0.4, 0.5) is 0 Å². The molecule has 316 valence electrons. The van der Waals surface area contributed by atoms with E-state index in [0.717, 1.165) is 81.6 Å². The van der Waals surface area contributed by atoms with E-state index in [-0.39, 0.29) is 0 Å². The highest BCUT2D eigenvalue weighted by molar-refractivity contribution is 6.29. The predicted octanol–water partition coefficient (Wildman–Crippen LogP) is 15.7. The Kier molecular flexibility index (Phi) is 8.08. The number of aromatic nitrogens is 3. The minimum Gasteiger partial charge on any atom is -0.306 e. The van der Waals surface area contributed by atoms with Gasteiger partial charge in [0.15, 0.2) is 0 Å². The summed E-state index contributed by atoms with van der Waals surface area (Å²) in [5, 5.41) is 47.3. The van der Waals surface area contributed by atoms with Crippen molar-refractivity contribution in [2.45, 2.75) is 0 Å². The number of hydrogen-bond donors (Lipinski definition) is 0. The van der Waals surface area contributed by atoms with Gasteiger partial charge < -0.3 is 13.7 Å². The summed E-state index contributed by atoms with van der Waals surface area (Å²) in [6.45, 7) is 0. The lowest BCUT2D eigenvalue weighted by atomic mass is 9.90. The summed E-state index contributed by atoms with van der Waals surface area (Å²) >= 11 is 0. The fraction of sp³-hybridized carbons (Fsp3) is 0. The molecule has 0 bridgehead atoms. The van der Waals surface area contributed by atoms with Gasteiger partial charge >= 0.3 is 0 Å². The Labute approximate surface area is 394 Å². The highest BCUT2D eigenvalue weighted by Gasteiger charge is 2.33. The number of hydrogen-bond acceptors (Lipinski definition) is 3. The van der Waals surface area contributed by atoms with Gasteiger partial charge in [-0.3, -0.25) is 0 Å². The first-order valence-electron chi connectivity index (χ1n) is 23.0. The van der Waals surface area contributed by atoms with Gasteiger partial charge in [-0.25, -0.2) is 0 Å². The Morgan fingerprint density at radius 3 is 0.957 bits per heavy atom. The smallest absolute Gasteiger partial charge is 0.102 e. The molecule has 3 heterocycles. The van der Waals surface area contributed by atoms with Crippen molar-refractivity contribution in [3.05, 3.63) is 223 Å². The van der Waals surface area contributed by atoms with Crippen LogP contribution in [0.3, 0.4) is 0 Å². The molecule has 0 spiro atoms. The average Bonchev–Trinajstić information content (AvgIpc) is 4.05. The molecule has 0 saturated carbocycles. The van der Waals surface area contributed by atoms with Crippen molar-refractivity contribution >= 4 is 97.7 Å². The number of para-hydroxylation sites is 5. The van der Waals surface area contributed by atoms with Crippen LogP contribution in [0.1, 0.15) is 16.7 Å². The van der Waals surface area contributed by atoms with E-state index in [0.29, 0.717) is 44.9 Å². The zero-order valence-electron chi connectivity index (χ0n) is 36.8. The fourth-order valence-corrected chi connectivity index (χ4v) is 11.5. The predicted molar refractivity (Wildman–Crippen MR) is 282 cm³/mol. The van der Waals surface area contributed by atoms with E-state index in [1.165, 1.54) is 16.2 Å². The second kappa shape index (κ2) is 14.5. The number of rotatable bonds is 4. The second-order valence-electron chi connectivity index (χ2n) is 17.7. The zero-order chi connectivity index (χ0) is 45.9. The molecular formula is C63H34N6. The Morgan fingerprint density at radius 2 is 0.580 bits per heavy atom. The molecule has 0 amide bonds. The quantitative estimate of drug-likeness (QED) is 0.165. The Morgan fingerprint density at radius 1 is 0.261 bits per heavy atom. The molecule has 0 unspecified atom stereocenters. The normalized spacial score (nSPS) is 11.7. The van der Waals surface area contributed by atoms with Crippen LogP contribution in [-0.4, -0.2) is 13.7 Å². The third kappa shape index (κ3) is 5.22. The molecule has 0 fully saturated rings. The van der Waals surface area contributed by atoms with E-state index >= 15 is 0 Å². The zero-order valence-corrected chi connectivity index (χ0v) is 36.8. The van der Waals surface area contributed by atoms with Gasteiger partial charge in [-0.05, 0) is 92.5 Å². The van der Waals surface area contributed by atoms with Crippen LogP contribution >= 0.6 is 0 Å². The molecule has 0 atom stereocenters. The molecule has 11 aromatic carbocycles. The average molecular weight is 875 g/mol. The van der Waals surface area contributed by atoms with E-state index in [1.54, 1.807) is 12.1 Å². The van der Waals surface area contributed by atoms with Gasteiger partial charge in [-0.1, -0.05) is 152 Å². The summed E-state index contributed by atoms with van der Waals surface area (Å²) in [4.78, 5) is 0. The third-order valence-electron chi connectivity index (χ3n) is 14.3. The van der Waals surface area contributed by atoms with Crippen molar-refractivity contribution in [2.24, 2.45) is 0 Å². The number of benzene rings is 11. The summed E-state index contributed by atoms with van der Waals surface area (Å²) in [6, 6.07) is 78.9. The van der Waals surface area contributed by atoms with Gasteiger partial charge in [0.1, 0.15) is 12.1 Å². The molecule has 0 aliphatic heterocycles. The summed E-state index contributed by atoms with van der Waals surface area (Å²) in [6.07, 6.45) is 0. The van der Waals surface area contributed by atoms with Crippen LogP contribution in [-0.2, 0) is 0 Å². The van der Waals surface area contributed by atoms with E-state index in [9.17, 15) is 15.8 Å². The van der Waals surface area contributed by atoms with E-state index in [2.05, 4.69) is 190 Å². The first kappa shape index (κ1) is 38.3. The summed E-state index contributed by atoms with van der Waals surface area (Å²) in [5.41, 5.74) is 9.81. The molecule has 0 aliphatic carbocycles. The maximum Gasteiger partial charge on any atom is 0.102 e. The van der Waals surface area contributed by atoms with Crippen molar-refractivity contribution in [1.82, 2.24) is 13.7 Å². The molecule has 6 heteroatoms. The van der Waals surface area contributed by atoms with E-state index in [4.69, 9.17) is 0 Å². The molecule has 0 radical (unpaired) electrons.